The Hall–Kier alpha value is -5.16. The lowest BCUT2D eigenvalue weighted by atomic mass is 10.0. The highest BCUT2D eigenvalue weighted by molar-refractivity contribution is 6.28. The van der Waals surface area contributed by atoms with Crippen molar-refractivity contribution in [3.05, 3.63) is 112 Å². The van der Waals surface area contributed by atoms with Gasteiger partial charge in [-0.1, -0.05) is 60.7 Å². The van der Waals surface area contributed by atoms with E-state index in [0.29, 0.717) is 10.8 Å². The van der Waals surface area contributed by atoms with Gasteiger partial charge in [-0.2, -0.15) is 0 Å². The van der Waals surface area contributed by atoms with E-state index in [4.69, 9.17) is 0 Å². The number of nitrogens with zero attached hydrogens (tertiary/aromatic N) is 3. The summed E-state index contributed by atoms with van der Waals surface area (Å²) >= 11 is 0. The third kappa shape index (κ3) is 1.76. The average Bonchev–Trinajstić information content (AvgIpc) is 3.29. The molecule has 10 aromatic rings. The quantitative estimate of drug-likeness (QED) is 0.189. The minimum atomic E-state index is -0.0395. The Balaban J connectivity index is 1.73. The van der Waals surface area contributed by atoms with E-state index in [9.17, 15) is 9.59 Å². The summed E-state index contributed by atoms with van der Waals surface area (Å²) in [5, 5.41) is 7.49. The number of fused-ring (bicyclic) bond motifs is 7. The Kier molecular flexibility index (Phi) is 2.76. The molecule has 37 heavy (non-hydrogen) atoms. The summed E-state index contributed by atoms with van der Waals surface area (Å²) in [5.41, 5.74) is 6.31. The number of pyridine rings is 2. The van der Waals surface area contributed by atoms with Crippen molar-refractivity contribution in [3.8, 4) is 0 Å². The van der Waals surface area contributed by atoms with E-state index >= 15 is 0 Å². The Morgan fingerprint density at radius 1 is 0.324 bits per heavy atom. The van der Waals surface area contributed by atoms with Crippen LogP contribution >= 0.6 is 0 Å². The fourth-order valence-corrected chi connectivity index (χ4v) is 7.09. The molecular weight excluding hydrogens is 458 g/mol. The van der Waals surface area contributed by atoms with Crippen molar-refractivity contribution < 1.29 is 0 Å². The van der Waals surface area contributed by atoms with Gasteiger partial charge in [-0.25, -0.2) is 0 Å². The van der Waals surface area contributed by atoms with Crippen molar-refractivity contribution in [2.24, 2.45) is 0 Å². The highest BCUT2D eigenvalue weighted by Gasteiger charge is 2.27. The summed E-state index contributed by atoms with van der Waals surface area (Å²) in [5.74, 6) is 0. The van der Waals surface area contributed by atoms with Crippen LogP contribution in [0.5, 0.6) is 0 Å². The number of hydrogen-bond donors (Lipinski definition) is 0. The molecule has 0 saturated carbocycles. The number of para-hydroxylation sites is 1. The molecule has 0 bridgehead atoms. The van der Waals surface area contributed by atoms with Gasteiger partial charge in [-0.15, -0.1) is 0 Å². The predicted molar refractivity (Wildman–Crippen MR) is 150 cm³/mol. The van der Waals surface area contributed by atoms with Crippen molar-refractivity contribution in [2.75, 3.05) is 0 Å². The molecule has 0 unspecified atom stereocenters. The van der Waals surface area contributed by atoms with Gasteiger partial charge in [0, 0.05) is 32.3 Å². The number of hydrogen-bond acceptors (Lipinski definition) is 2. The number of benzene rings is 5. The van der Waals surface area contributed by atoms with Gasteiger partial charge in [-0.05, 0) is 41.1 Å². The molecular formula is C32H15N3O2. The molecule has 10 rings (SSSR count). The topological polar surface area (TPSA) is 47.4 Å². The van der Waals surface area contributed by atoms with E-state index in [1.54, 1.807) is 0 Å². The van der Waals surface area contributed by atoms with E-state index < -0.39 is 0 Å². The summed E-state index contributed by atoms with van der Waals surface area (Å²) in [7, 11) is 0. The van der Waals surface area contributed by atoms with Crippen LogP contribution in [0.4, 0.5) is 0 Å². The van der Waals surface area contributed by atoms with E-state index in [2.05, 4.69) is 34.7 Å². The highest BCUT2D eigenvalue weighted by Crippen LogP contribution is 2.43. The molecule has 0 saturated heterocycles. The minimum Gasteiger partial charge on any atom is -0.301 e. The second-order valence-corrected chi connectivity index (χ2v) is 10.1. The van der Waals surface area contributed by atoms with Crippen molar-refractivity contribution in [1.82, 2.24) is 13.2 Å². The maximum atomic E-state index is 14.1. The monoisotopic (exact) mass is 473 g/mol. The van der Waals surface area contributed by atoms with Crippen LogP contribution in [0.15, 0.2) is 101 Å². The lowest BCUT2D eigenvalue weighted by Crippen LogP contribution is -2.20. The smallest absolute Gasteiger partial charge is 0.263 e. The molecule has 0 aliphatic heterocycles. The largest absolute Gasteiger partial charge is 0.301 e. The molecule has 0 fully saturated rings. The zero-order valence-electron chi connectivity index (χ0n) is 19.3. The fraction of sp³-hybridized carbons (Fsp3) is 0. The Bertz CT molecular complexity index is 2720. The van der Waals surface area contributed by atoms with Crippen LogP contribution < -0.4 is 11.1 Å². The van der Waals surface area contributed by atoms with Crippen LogP contribution in [0.3, 0.4) is 0 Å². The lowest BCUT2D eigenvalue weighted by Gasteiger charge is -2.20. The molecule has 0 aliphatic rings. The van der Waals surface area contributed by atoms with Gasteiger partial charge in [0.25, 0.3) is 11.1 Å². The number of rotatable bonds is 0. The Labute approximate surface area is 206 Å². The molecule has 0 atom stereocenters. The van der Waals surface area contributed by atoms with Crippen LogP contribution in [0.1, 0.15) is 0 Å². The van der Waals surface area contributed by atoms with Crippen molar-refractivity contribution in [2.45, 2.75) is 0 Å². The first-order chi connectivity index (χ1) is 18.2. The third-order valence-corrected chi connectivity index (χ3v) is 8.49. The molecule has 5 aromatic heterocycles. The molecule has 5 heterocycles. The zero-order chi connectivity index (χ0) is 24.2. The minimum absolute atomic E-state index is 0.0387. The highest BCUT2D eigenvalue weighted by atomic mass is 16.1. The standard InChI is InChI=1S/C32H15N3O2/c36-31-23-9-4-2-7-17(23)20-14-15-25-30-29(20)33(31)24-11-5-10-18-21-13-12-19-16-6-1-3-8-22(16)32(37)34(25)27(19)28(21)35(30)26(18)24/h1-15H. The SMILES string of the molecule is O=c1c2ccccc2c2ccc3c4cccc5c4n4c3c2n1c1ccc2c3ccccc3c(=O)n5c2c14. The van der Waals surface area contributed by atoms with Crippen LogP contribution in [-0.4, -0.2) is 13.2 Å². The van der Waals surface area contributed by atoms with Crippen molar-refractivity contribution >= 4 is 81.7 Å². The Morgan fingerprint density at radius 2 is 0.757 bits per heavy atom. The maximum absolute atomic E-state index is 14.1. The molecule has 0 spiro atoms. The molecule has 5 nitrogen and oxygen atoms in total. The van der Waals surface area contributed by atoms with Gasteiger partial charge in [0.15, 0.2) is 0 Å². The van der Waals surface area contributed by atoms with Crippen LogP contribution in [-0.2, 0) is 0 Å². The molecule has 170 valence electrons. The van der Waals surface area contributed by atoms with Gasteiger partial charge in [0.1, 0.15) is 0 Å². The van der Waals surface area contributed by atoms with Gasteiger partial charge in [0.05, 0.1) is 38.6 Å². The first kappa shape index (κ1) is 18.2. The van der Waals surface area contributed by atoms with Crippen molar-refractivity contribution in [1.29, 1.82) is 0 Å². The predicted octanol–water partition coefficient (Wildman–Crippen LogP) is 6.40. The first-order valence-corrected chi connectivity index (χ1v) is 12.4. The molecule has 0 radical (unpaired) electrons. The third-order valence-electron chi connectivity index (χ3n) is 8.49. The summed E-state index contributed by atoms with van der Waals surface area (Å²) in [4.78, 5) is 28.2. The molecule has 5 heteroatoms. The van der Waals surface area contributed by atoms with E-state index in [1.807, 2.05) is 69.5 Å². The summed E-state index contributed by atoms with van der Waals surface area (Å²) in [6, 6.07) is 30.3. The van der Waals surface area contributed by atoms with Crippen LogP contribution in [0.2, 0.25) is 0 Å². The van der Waals surface area contributed by atoms with E-state index in [0.717, 1.165) is 70.9 Å². The molecule has 5 aromatic carbocycles. The molecule has 0 aliphatic carbocycles. The van der Waals surface area contributed by atoms with Gasteiger partial charge in [-0.3, -0.25) is 18.4 Å². The van der Waals surface area contributed by atoms with E-state index in [1.165, 1.54) is 0 Å². The maximum Gasteiger partial charge on any atom is 0.263 e. The fourth-order valence-electron chi connectivity index (χ4n) is 7.09. The van der Waals surface area contributed by atoms with E-state index in [-0.39, 0.29) is 11.1 Å². The van der Waals surface area contributed by atoms with Gasteiger partial charge < -0.3 is 4.40 Å². The molecule has 0 amide bonds. The van der Waals surface area contributed by atoms with Gasteiger partial charge >= 0.3 is 0 Å². The summed E-state index contributed by atoms with van der Waals surface area (Å²) in [6.45, 7) is 0. The summed E-state index contributed by atoms with van der Waals surface area (Å²) in [6.07, 6.45) is 0. The Morgan fingerprint density at radius 3 is 1.41 bits per heavy atom. The number of aromatic nitrogens is 3. The summed E-state index contributed by atoms with van der Waals surface area (Å²) < 4.78 is 6.05. The van der Waals surface area contributed by atoms with Crippen molar-refractivity contribution in [3.63, 3.8) is 0 Å². The second-order valence-electron chi connectivity index (χ2n) is 10.1. The normalized spacial score (nSPS) is 13.1. The average molecular weight is 473 g/mol. The van der Waals surface area contributed by atoms with Gasteiger partial charge in [0.2, 0.25) is 0 Å². The van der Waals surface area contributed by atoms with Crippen LogP contribution in [0.25, 0.3) is 81.7 Å². The second kappa shape index (κ2) is 5.63. The van der Waals surface area contributed by atoms with Crippen LogP contribution in [0, 0.1) is 0 Å². The lowest BCUT2D eigenvalue weighted by molar-refractivity contribution is 1.13. The molecule has 0 N–H and O–H groups in total. The zero-order valence-corrected chi connectivity index (χ0v) is 19.3. The first-order valence-electron chi connectivity index (χ1n) is 12.4.